The summed E-state index contributed by atoms with van der Waals surface area (Å²) in [4.78, 5) is 28.0. The van der Waals surface area contributed by atoms with Crippen LogP contribution in [0.5, 0.6) is 5.75 Å². The summed E-state index contributed by atoms with van der Waals surface area (Å²) < 4.78 is 5.75. The lowest BCUT2D eigenvalue weighted by Gasteiger charge is -2.34. The van der Waals surface area contributed by atoms with Crippen LogP contribution in [-0.4, -0.2) is 67.5 Å². The van der Waals surface area contributed by atoms with Gasteiger partial charge in [-0.05, 0) is 30.3 Å². The van der Waals surface area contributed by atoms with E-state index < -0.39 is 0 Å². The van der Waals surface area contributed by atoms with Crippen LogP contribution in [0.1, 0.15) is 6.92 Å². The Labute approximate surface area is 171 Å². The fourth-order valence-electron chi connectivity index (χ4n) is 3.26. The van der Waals surface area contributed by atoms with E-state index in [1.54, 1.807) is 18.2 Å². The van der Waals surface area contributed by atoms with E-state index in [1.807, 2.05) is 36.4 Å². The number of nitrogens with zero attached hydrogens (tertiary/aromatic N) is 2. The molecule has 0 atom stereocenters. The molecule has 1 aliphatic heterocycles. The maximum atomic E-state index is 12.4. The van der Waals surface area contributed by atoms with Gasteiger partial charge in [0.1, 0.15) is 12.4 Å². The highest BCUT2D eigenvalue weighted by molar-refractivity contribution is 5.94. The summed E-state index contributed by atoms with van der Waals surface area (Å²) in [5.41, 5.74) is 1.35. The van der Waals surface area contributed by atoms with E-state index in [-0.39, 0.29) is 11.8 Å². The van der Waals surface area contributed by atoms with Crippen molar-refractivity contribution in [1.82, 2.24) is 9.80 Å². The van der Waals surface area contributed by atoms with Crippen molar-refractivity contribution in [2.75, 3.05) is 56.5 Å². The summed E-state index contributed by atoms with van der Waals surface area (Å²) in [5.74, 6) is 0.705. The number of rotatable bonds is 8. The number of nitrogens with one attached hydrogen (secondary N) is 2. The average Bonchev–Trinajstić information content (AvgIpc) is 2.70. The van der Waals surface area contributed by atoms with Gasteiger partial charge in [-0.3, -0.25) is 19.4 Å². The Bertz CT molecular complexity index is 805. The maximum absolute atomic E-state index is 12.4. The monoisotopic (exact) mass is 396 g/mol. The zero-order valence-electron chi connectivity index (χ0n) is 16.8. The van der Waals surface area contributed by atoms with E-state index in [1.165, 1.54) is 6.92 Å². The summed E-state index contributed by atoms with van der Waals surface area (Å²) in [6.07, 6.45) is 0. The van der Waals surface area contributed by atoms with Crippen molar-refractivity contribution < 1.29 is 14.3 Å². The highest BCUT2D eigenvalue weighted by atomic mass is 16.5. The van der Waals surface area contributed by atoms with Gasteiger partial charge in [-0.15, -0.1) is 0 Å². The Balaban J connectivity index is 1.36. The molecule has 154 valence electrons. The Morgan fingerprint density at radius 3 is 2.24 bits per heavy atom. The minimum absolute atomic E-state index is 0.0502. The second kappa shape index (κ2) is 10.6. The van der Waals surface area contributed by atoms with Gasteiger partial charge < -0.3 is 15.4 Å². The summed E-state index contributed by atoms with van der Waals surface area (Å²) in [6.45, 7) is 6.90. The quantitative estimate of drug-likeness (QED) is 0.716. The second-order valence-electron chi connectivity index (χ2n) is 7.09. The Hall–Kier alpha value is -2.90. The number of hydrogen-bond donors (Lipinski definition) is 2. The number of para-hydroxylation sites is 1. The summed E-state index contributed by atoms with van der Waals surface area (Å²) in [6, 6.07) is 17.0. The lowest BCUT2D eigenvalue weighted by Crippen LogP contribution is -2.49. The number of hydrogen-bond acceptors (Lipinski definition) is 5. The molecule has 0 saturated carbocycles. The molecule has 1 fully saturated rings. The zero-order chi connectivity index (χ0) is 20.5. The molecule has 0 spiro atoms. The molecule has 1 saturated heterocycles. The van der Waals surface area contributed by atoms with Crippen LogP contribution in [0, 0.1) is 0 Å². The summed E-state index contributed by atoms with van der Waals surface area (Å²) in [5, 5.41) is 5.62. The molecule has 3 rings (SSSR count). The van der Waals surface area contributed by atoms with Crippen LogP contribution in [0.4, 0.5) is 11.4 Å². The van der Waals surface area contributed by atoms with Gasteiger partial charge in [-0.1, -0.05) is 24.3 Å². The predicted molar refractivity (Wildman–Crippen MR) is 114 cm³/mol. The van der Waals surface area contributed by atoms with Crippen LogP contribution in [0.15, 0.2) is 54.6 Å². The van der Waals surface area contributed by atoms with E-state index in [9.17, 15) is 9.59 Å². The summed E-state index contributed by atoms with van der Waals surface area (Å²) >= 11 is 0. The van der Waals surface area contributed by atoms with E-state index >= 15 is 0 Å². The first kappa shape index (κ1) is 20.8. The molecule has 0 bridgehead atoms. The molecular formula is C22H28N4O3. The number of anilines is 2. The van der Waals surface area contributed by atoms with Gasteiger partial charge in [-0.2, -0.15) is 0 Å². The maximum Gasteiger partial charge on any atom is 0.238 e. The van der Waals surface area contributed by atoms with Crippen molar-refractivity contribution in [1.29, 1.82) is 0 Å². The Morgan fingerprint density at radius 1 is 0.897 bits per heavy atom. The van der Waals surface area contributed by atoms with E-state index in [0.29, 0.717) is 24.5 Å². The van der Waals surface area contributed by atoms with E-state index in [4.69, 9.17) is 4.74 Å². The number of carbonyl (C=O) groups excluding carboxylic acids is 2. The van der Waals surface area contributed by atoms with Crippen LogP contribution in [0.25, 0.3) is 0 Å². The highest BCUT2D eigenvalue weighted by Crippen LogP contribution is 2.15. The number of benzene rings is 2. The normalized spacial score (nSPS) is 14.9. The molecule has 0 aromatic heterocycles. The fraction of sp³-hybridized carbons (Fsp3) is 0.364. The third kappa shape index (κ3) is 7.21. The van der Waals surface area contributed by atoms with Crippen molar-refractivity contribution in [2.24, 2.45) is 0 Å². The SMILES string of the molecule is CC(=O)Nc1cccc(NC(=O)CN2CCN(CCOc3ccccc3)CC2)c1. The fourth-order valence-corrected chi connectivity index (χ4v) is 3.26. The number of piperazine rings is 1. The number of carbonyl (C=O) groups is 2. The van der Waals surface area contributed by atoms with Crippen LogP contribution in [-0.2, 0) is 9.59 Å². The van der Waals surface area contributed by atoms with Gasteiger partial charge in [0.25, 0.3) is 0 Å². The first-order chi connectivity index (χ1) is 14.1. The topological polar surface area (TPSA) is 73.9 Å². The van der Waals surface area contributed by atoms with Crippen molar-refractivity contribution in [3.63, 3.8) is 0 Å². The van der Waals surface area contributed by atoms with Gasteiger partial charge >= 0.3 is 0 Å². The number of amides is 2. The smallest absolute Gasteiger partial charge is 0.238 e. The Kier molecular flexibility index (Phi) is 7.61. The first-order valence-corrected chi connectivity index (χ1v) is 9.88. The zero-order valence-corrected chi connectivity index (χ0v) is 16.8. The highest BCUT2D eigenvalue weighted by Gasteiger charge is 2.19. The Morgan fingerprint density at radius 2 is 1.55 bits per heavy atom. The largest absolute Gasteiger partial charge is 0.492 e. The van der Waals surface area contributed by atoms with E-state index in [2.05, 4.69) is 20.4 Å². The molecule has 1 heterocycles. The molecule has 1 aliphatic rings. The van der Waals surface area contributed by atoms with Gasteiger partial charge in [-0.25, -0.2) is 0 Å². The third-order valence-corrected chi connectivity index (χ3v) is 4.72. The molecule has 2 N–H and O–H groups in total. The van der Waals surface area contributed by atoms with Crippen LogP contribution >= 0.6 is 0 Å². The lowest BCUT2D eigenvalue weighted by molar-refractivity contribution is -0.117. The van der Waals surface area contributed by atoms with Crippen molar-refractivity contribution in [3.8, 4) is 5.75 Å². The van der Waals surface area contributed by atoms with E-state index in [0.717, 1.165) is 38.5 Å². The second-order valence-corrected chi connectivity index (χ2v) is 7.09. The van der Waals surface area contributed by atoms with Gasteiger partial charge in [0.2, 0.25) is 11.8 Å². The van der Waals surface area contributed by atoms with Crippen LogP contribution in [0.2, 0.25) is 0 Å². The molecule has 7 heteroatoms. The minimum Gasteiger partial charge on any atom is -0.492 e. The van der Waals surface area contributed by atoms with Gasteiger partial charge in [0.15, 0.2) is 0 Å². The first-order valence-electron chi connectivity index (χ1n) is 9.88. The number of ether oxygens (including phenoxy) is 1. The lowest BCUT2D eigenvalue weighted by atomic mass is 10.2. The molecule has 29 heavy (non-hydrogen) atoms. The summed E-state index contributed by atoms with van der Waals surface area (Å²) in [7, 11) is 0. The van der Waals surface area contributed by atoms with Gasteiger partial charge in [0.05, 0.1) is 6.54 Å². The van der Waals surface area contributed by atoms with Crippen LogP contribution in [0.3, 0.4) is 0 Å². The van der Waals surface area contributed by atoms with Crippen molar-refractivity contribution in [3.05, 3.63) is 54.6 Å². The molecule has 0 radical (unpaired) electrons. The van der Waals surface area contributed by atoms with Crippen molar-refractivity contribution >= 4 is 23.2 Å². The molecule has 0 unspecified atom stereocenters. The van der Waals surface area contributed by atoms with Crippen molar-refractivity contribution in [2.45, 2.75) is 6.92 Å². The molecule has 7 nitrogen and oxygen atoms in total. The van der Waals surface area contributed by atoms with Crippen LogP contribution < -0.4 is 15.4 Å². The molecule has 2 amide bonds. The predicted octanol–water partition coefficient (Wildman–Crippen LogP) is 2.28. The van der Waals surface area contributed by atoms with Gasteiger partial charge in [0, 0.05) is 51.0 Å². The third-order valence-electron chi connectivity index (χ3n) is 4.72. The average molecular weight is 396 g/mol. The minimum atomic E-state index is -0.138. The molecular weight excluding hydrogens is 368 g/mol. The molecule has 2 aromatic rings. The standard InChI is InChI=1S/C22H28N4O3/c1-18(27)23-19-6-5-7-20(16-19)24-22(28)17-26-12-10-25(11-13-26)14-15-29-21-8-3-2-4-9-21/h2-9,16H,10-15,17H2,1H3,(H,23,27)(H,24,28). The molecule has 2 aromatic carbocycles. The molecule has 0 aliphatic carbocycles.